The lowest BCUT2D eigenvalue weighted by Gasteiger charge is -2.40. The van der Waals surface area contributed by atoms with Gasteiger partial charge in [-0.1, -0.05) is 0 Å². The van der Waals surface area contributed by atoms with Crippen LogP contribution in [0.15, 0.2) is 18.2 Å². The fourth-order valence-corrected chi connectivity index (χ4v) is 2.58. The third-order valence-corrected chi connectivity index (χ3v) is 3.61. The summed E-state index contributed by atoms with van der Waals surface area (Å²) in [5, 5.41) is 10.8. The van der Waals surface area contributed by atoms with Crippen molar-refractivity contribution in [1.29, 1.82) is 0 Å². The van der Waals surface area contributed by atoms with Crippen LogP contribution in [-0.4, -0.2) is 55.8 Å². The number of nitrogen functional groups attached to an aromatic ring is 1. The van der Waals surface area contributed by atoms with Gasteiger partial charge in [-0.25, -0.2) is 0 Å². The first-order valence-corrected chi connectivity index (χ1v) is 6.95. The molecule has 0 saturated carbocycles. The number of ether oxygens (including phenoxy) is 1. The van der Waals surface area contributed by atoms with Crippen molar-refractivity contribution in [1.82, 2.24) is 4.90 Å². The van der Waals surface area contributed by atoms with E-state index in [9.17, 15) is 10.1 Å². The lowest BCUT2D eigenvalue weighted by atomic mass is 10.1. The van der Waals surface area contributed by atoms with Gasteiger partial charge in [0.1, 0.15) is 5.69 Å². The average molecular weight is 294 g/mol. The van der Waals surface area contributed by atoms with E-state index in [-0.39, 0.29) is 23.5 Å². The van der Waals surface area contributed by atoms with Crippen molar-refractivity contribution in [3.63, 3.8) is 0 Å². The Balaban J connectivity index is 2.18. The standard InChI is InChI=1S/C14H22N4O3/c1-10-9-21-12(7-16(2)3)8-17(10)11-4-5-14(18(19)20)13(15)6-11/h4-6,10,12H,7-9,15H2,1-3H3. The van der Waals surface area contributed by atoms with Gasteiger partial charge in [0.15, 0.2) is 0 Å². The number of anilines is 2. The van der Waals surface area contributed by atoms with Gasteiger partial charge in [-0.3, -0.25) is 10.1 Å². The minimum Gasteiger partial charge on any atom is -0.393 e. The minimum absolute atomic E-state index is 0.0514. The molecule has 116 valence electrons. The topological polar surface area (TPSA) is 84.9 Å². The number of rotatable bonds is 4. The van der Waals surface area contributed by atoms with Crippen molar-refractivity contribution in [2.75, 3.05) is 44.4 Å². The third kappa shape index (κ3) is 3.62. The number of nitro groups is 1. The molecule has 0 amide bonds. The number of nitro benzene ring substituents is 1. The second-order valence-corrected chi connectivity index (χ2v) is 5.72. The Bertz CT molecular complexity index is 521. The van der Waals surface area contributed by atoms with Crippen molar-refractivity contribution in [2.24, 2.45) is 0 Å². The lowest BCUT2D eigenvalue weighted by molar-refractivity contribution is -0.383. The number of hydrogen-bond acceptors (Lipinski definition) is 6. The van der Waals surface area contributed by atoms with E-state index in [0.717, 1.165) is 18.8 Å². The molecule has 2 N–H and O–H groups in total. The van der Waals surface area contributed by atoms with Gasteiger partial charge in [0.2, 0.25) is 0 Å². The summed E-state index contributed by atoms with van der Waals surface area (Å²) in [6.07, 6.45) is 0.118. The number of nitrogens with zero attached hydrogens (tertiary/aromatic N) is 3. The first-order valence-electron chi connectivity index (χ1n) is 6.95. The zero-order valence-corrected chi connectivity index (χ0v) is 12.7. The summed E-state index contributed by atoms with van der Waals surface area (Å²) in [6, 6.07) is 5.10. The second kappa shape index (κ2) is 6.28. The molecular formula is C14H22N4O3. The maximum Gasteiger partial charge on any atom is 0.292 e. The summed E-state index contributed by atoms with van der Waals surface area (Å²) < 4.78 is 5.82. The van der Waals surface area contributed by atoms with Crippen LogP contribution in [0.5, 0.6) is 0 Å². The van der Waals surface area contributed by atoms with Crippen molar-refractivity contribution in [3.05, 3.63) is 28.3 Å². The summed E-state index contributed by atoms with van der Waals surface area (Å²) in [7, 11) is 4.02. The maximum atomic E-state index is 10.8. The first kappa shape index (κ1) is 15.5. The molecule has 1 aliphatic heterocycles. The maximum absolute atomic E-state index is 10.8. The molecule has 0 aliphatic carbocycles. The first-order chi connectivity index (χ1) is 9.88. The van der Waals surface area contributed by atoms with Crippen molar-refractivity contribution in [3.8, 4) is 0 Å². The number of morpholine rings is 1. The summed E-state index contributed by atoms with van der Waals surface area (Å²) in [6.45, 7) is 4.29. The van der Waals surface area contributed by atoms with E-state index >= 15 is 0 Å². The summed E-state index contributed by atoms with van der Waals surface area (Å²) in [5.74, 6) is 0. The Hall–Kier alpha value is -1.86. The highest BCUT2D eigenvalue weighted by Crippen LogP contribution is 2.29. The molecule has 1 aromatic carbocycles. The smallest absolute Gasteiger partial charge is 0.292 e. The third-order valence-electron chi connectivity index (χ3n) is 3.61. The summed E-state index contributed by atoms with van der Waals surface area (Å²) >= 11 is 0. The molecule has 0 bridgehead atoms. The van der Waals surface area contributed by atoms with Crippen LogP contribution in [0.1, 0.15) is 6.92 Å². The highest BCUT2D eigenvalue weighted by atomic mass is 16.6. The Labute approximate surface area is 124 Å². The van der Waals surface area contributed by atoms with E-state index in [0.29, 0.717) is 6.61 Å². The quantitative estimate of drug-likeness (QED) is 0.512. The van der Waals surface area contributed by atoms with Gasteiger partial charge >= 0.3 is 0 Å². The van der Waals surface area contributed by atoms with E-state index in [4.69, 9.17) is 10.5 Å². The van der Waals surface area contributed by atoms with Gasteiger partial charge < -0.3 is 20.3 Å². The predicted molar refractivity (Wildman–Crippen MR) is 82.6 cm³/mol. The van der Waals surface area contributed by atoms with Crippen LogP contribution in [-0.2, 0) is 4.74 Å². The molecule has 2 atom stereocenters. The fourth-order valence-electron chi connectivity index (χ4n) is 2.58. The largest absolute Gasteiger partial charge is 0.393 e. The monoisotopic (exact) mass is 294 g/mol. The molecule has 2 rings (SSSR count). The van der Waals surface area contributed by atoms with Crippen LogP contribution >= 0.6 is 0 Å². The zero-order chi connectivity index (χ0) is 15.6. The summed E-state index contributed by atoms with van der Waals surface area (Å²) in [4.78, 5) is 14.7. The number of benzene rings is 1. The highest BCUT2D eigenvalue weighted by Gasteiger charge is 2.27. The van der Waals surface area contributed by atoms with Crippen LogP contribution in [0.25, 0.3) is 0 Å². The Kier molecular flexibility index (Phi) is 4.64. The van der Waals surface area contributed by atoms with Gasteiger partial charge in [0.05, 0.1) is 17.6 Å². The molecule has 1 saturated heterocycles. The van der Waals surface area contributed by atoms with E-state index in [1.165, 1.54) is 6.07 Å². The average Bonchev–Trinajstić information content (AvgIpc) is 2.39. The Morgan fingerprint density at radius 2 is 2.24 bits per heavy atom. The van der Waals surface area contributed by atoms with E-state index < -0.39 is 4.92 Å². The molecule has 7 heteroatoms. The van der Waals surface area contributed by atoms with Crippen LogP contribution in [0.2, 0.25) is 0 Å². The van der Waals surface area contributed by atoms with Crippen LogP contribution in [0.4, 0.5) is 17.1 Å². The summed E-state index contributed by atoms with van der Waals surface area (Å²) in [5.41, 5.74) is 6.83. The number of hydrogen-bond donors (Lipinski definition) is 1. The van der Waals surface area contributed by atoms with Crippen molar-refractivity contribution < 1.29 is 9.66 Å². The van der Waals surface area contributed by atoms with Crippen molar-refractivity contribution >= 4 is 17.1 Å². The van der Waals surface area contributed by atoms with Crippen molar-refractivity contribution in [2.45, 2.75) is 19.1 Å². The zero-order valence-electron chi connectivity index (χ0n) is 12.7. The van der Waals surface area contributed by atoms with E-state index in [1.807, 2.05) is 14.1 Å². The molecule has 1 heterocycles. The fraction of sp³-hybridized carbons (Fsp3) is 0.571. The number of likely N-dealkylation sites (N-methyl/N-ethyl adjacent to an activating group) is 1. The molecule has 21 heavy (non-hydrogen) atoms. The molecule has 2 unspecified atom stereocenters. The molecule has 7 nitrogen and oxygen atoms in total. The Morgan fingerprint density at radius 1 is 1.52 bits per heavy atom. The van der Waals surface area contributed by atoms with Gasteiger partial charge in [0, 0.05) is 30.9 Å². The second-order valence-electron chi connectivity index (χ2n) is 5.72. The highest BCUT2D eigenvalue weighted by molar-refractivity contribution is 5.67. The molecular weight excluding hydrogens is 272 g/mol. The lowest BCUT2D eigenvalue weighted by Crippen LogP contribution is -2.51. The van der Waals surface area contributed by atoms with Gasteiger partial charge in [0.25, 0.3) is 5.69 Å². The van der Waals surface area contributed by atoms with Crippen LogP contribution < -0.4 is 10.6 Å². The Morgan fingerprint density at radius 3 is 2.81 bits per heavy atom. The number of nitrogens with two attached hydrogens (primary N) is 1. The minimum atomic E-state index is -0.462. The molecule has 0 spiro atoms. The van der Waals surface area contributed by atoms with Crippen LogP contribution in [0.3, 0.4) is 0 Å². The molecule has 0 aromatic heterocycles. The van der Waals surface area contributed by atoms with Gasteiger partial charge in [-0.15, -0.1) is 0 Å². The normalized spacial score (nSPS) is 22.6. The molecule has 1 fully saturated rings. The molecule has 1 aromatic rings. The molecule has 0 radical (unpaired) electrons. The molecule has 1 aliphatic rings. The van der Waals surface area contributed by atoms with E-state index in [1.54, 1.807) is 12.1 Å². The van der Waals surface area contributed by atoms with E-state index in [2.05, 4.69) is 16.7 Å². The van der Waals surface area contributed by atoms with Crippen LogP contribution in [0, 0.1) is 10.1 Å². The van der Waals surface area contributed by atoms with Gasteiger partial charge in [-0.2, -0.15) is 0 Å². The van der Waals surface area contributed by atoms with Gasteiger partial charge in [-0.05, 0) is 33.2 Å². The SMILES string of the molecule is CC1COC(CN(C)C)CN1c1ccc([N+](=O)[O-])c(N)c1. The predicted octanol–water partition coefficient (Wildman–Crippen LogP) is 1.33.